The summed E-state index contributed by atoms with van der Waals surface area (Å²) in [5, 5.41) is 13.2. The molecule has 0 amide bonds. The van der Waals surface area contributed by atoms with Crippen molar-refractivity contribution < 1.29 is 14.7 Å². The topological polar surface area (TPSA) is 97.1 Å². The number of benzene rings is 1. The van der Waals surface area contributed by atoms with Crippen LogP contribution in [0.25, 0.3) is 22.4 Å². The van der Waals surface area contributed by atoms with E-state index < -0.39 is 17.4 Å². The Balaban J connectivity index is 1.26. The number of pyridine rings is 1. The smallest absolute Gasteiger partial charge is 0.326 e. The maximum atomic E-state index is 12.7. The summed E-state index contributed by atoms with van der Waals surface area (Å²) >= 11 is 3.40. The van der Waals surface area contributed by atoms with Crippen molar-refractivity contribution in [2.45, 2.75) is 44.6 Å². The minimum absolute atomic E-state index is 0.103. The van der Waals surface area contributed by atoms with Crippen LogP contribution >= 0.6 is 15.9 Å². The maximum Gasteiger partial charge on any atom is 0.326 e. The van der Waals surface area contributed by atoms with Crippen molar-refractivity contribution in [1.82, 2.24) is 19.9 Å². The number of allylic oxidation sites excluding steroid dienone is 6. The number of carboxylic acids is 1. The van der Waals surface area contributed by atoms with E-state index in [0.29, 0.717) is 10.9 Å². The molecule has 2 N–H and O–H groups in total. The second-order valence-electron chi connectivity index (χ2n) is 9.66. The van der Waals surface area contributed by atoms with Gasteiger partial charge in [0.25, 0.3) is 0 Å². The Morgan fingerprint density at radius 1 is 1.17 bits per heavy atom. The minimum Gasteiger partial charge on any atom is -0.480 e. The quantitative estimate of drug-likeness (QED) is 0.429. The Hall–Kier alpha value is -3.52. The molecule has 1 fully saturated rings. The van der Waals surface area contributed by atoms with Gasteiger partial charge in [0, 0.05) is 29.6 Å². The average molecular weight is 545 g/mol. The van der Waals surface area contributed by atoms with Crippen molar-refractivity contribution >= 4 is 44.4 Å². The lowest BCUT2D eigenvalue weighted by Gasteiger charge is -2.46. The summed E-state index contributed by atoms with van der Waals surface area (Å²) in [5.41, 5.74) is 4.66. The second-order valence-corrected chi connectivity index (χ2v) is 10.5. The number of carbonyl (C=O) groups excluding carboxylic acids is 1. The molecule has 3 aliphatic rings. The van der Waals surface area contributed by atoms with E-state index in [1.54, 1.807) is 6.20 Å². The number of imidazole rings is 1. The van der Waals surface area contributed by atoms with Gasteiger partial charge in [-0.15, -0.1) is 0 Å². The first kappa shape index (κ1) is 22.9. The van der Waals surface area contributed by atoms with Crippen LogP contribution in [0.3, 0.4) is 0 Å². The third kappa shape index (κ3) is 3.63. The highest BCUT2D eigenvalue weighted by atomic mass is 79.9. The second kappa shape index (κ2) is 8.85. The van der Waals surface area contributed by atoms with Crippen LogP contribution in [0.2, 0.25) is 0 Å². The van der Waals surface area contributed by atoms with Crippen LogP contribution in [0.1, 0.15) is 43.5 Å². The molecule has 0 saturated heterocycles. The van der Waals surface area contributed by atoms with Crippen molar-refractivity contribution in [3.05, 3.63) is 82.4 Å². The van der Waals surface area contributed by atoms with E-state index in [4.69, 9.17) is 4.98 Å². The van der Waals surface area contributed by atoms with Crippen LogP contribution in [0.15, 0.2) is 71.0 Å². The molecule has 0 bridgehead atoms. The number of nitrogens with zero attached hydrogens (tertiary/aromatic N) is 3. The van der Waals surface area contributed by atoms with Gasteiger partial charge in [0.15, 0.2) is 11.4 Å². The fraction of sp³-hybridized carbons (Fsp3) is 0.286. The minimum atomic E-state index is -0.937. The Kier molecular flexibility index (Phi) is 5.63. The summed E-state index contributed by atoms with van der Waals surface area (Å²) in [6.07, 6.45) is 12.7. The molecular weight excluding hydrogens is 520 g/mol. The largest absolute Gasteiger partial charge is 0.480 e. The standard InChI is InChI=1S/C28H25BrN4O3/c29-22-23(28(24(22)34)13-2-1-3-14-28)31-21(27(35)36)16-17-9-11-19(12-10-17)33-25(18-6-4-7-18)32-20-8-5-15-30-26(20)33/h4-12,15,21,31H,1-3,13-14,16H2,(H,35,36)/t21-/m0/s1. The molecule has 0 radical (unpaired) electrons. The van der Waals surface area contributed by atoms with Crippen LogP contribution in [-0.4, -0.2) is 37.4 Å². The van der Waals surface area contributed by atoms with E-state index in [2.05, 4.69) is 26.2 Å². The van der Waals surface area contributed by atoms with Crippen LogP contribution in [0.5, 0.6) is 0 Å². The van der Waals surface area contributed by atoms with Crippen LogP contribution in [0.4, 0.5) is 0 Å². The fourth-order valence-electron chi connectivity index (χ4n) is 5.50. The zero-order valence-electron chi connectivity index (χ0n) is 19.6. The molecule has 0 aliphatic heterocycles. The molecule has 2 aromatic heterocycles. The van der Waals surface area contributed by atoms with Gasteiger partial charge >= 0.3 is 5.97 Å². The van der Waals surface area contributed by atoms with Crippen molar-refractivity contribution in [1.29, 1.82) is 0 Å². The van der Waals surface area contributed by atoms with Crippen LogP contribution in [0, 0.1) is 5.41 Å². The molecular formula is C28H25BrN4O3. The number of carboxylic acid groups (broad SMARTS) is 1. The number of Topliss-reactive ketones (excluding diaryl/α,β-unsaturated/α-hetero) is 1. The zero-order valence-corrected chi connectivity index (χ0v) is 21.2. The van der Waals surface area contributed by atoms with E-state index >= 15 is 0 Å². The monoisotopic (exact) mass is 544 g/mol. The molecule has 1 aromatic carbocycles. The first-order valence-corrected chi connectivity index (χ1v) is 13.0. The number of rotatable bonds is 7. The molecule has 36 heavy (non-hydrogen) atoms. The first-order chi connectivity index (χ1) is 17.5. The number of fused-ring (bicyclic) bond motifs is 1. The lowest BCUT2D eigenvalue weighted by Crippen LogP contribution is -2.53. The average Bonchev–Trinajstić information content (AvgIpc) is 3.24. The number of halogens is 1. The number of carbonyl (C=O) groups is 2. The molecule has 3 aromatic rings. The van der Waals surface area contributed by atoms with Gasteiger partial charge in [-0.25, -0.2) is 14.8 Å². The highest BCUT2D eigenvalue weighted by Crippen LogP contribution is 2.53. The third-order valence-electron chi connectivity index (χ3n) is 7.52. The Morgan fingerprint density at radius 2 is 1.92 bits per heavy atom. The number of ketones is 1. The van der Waals surface area contributed by atoms with Crippen molar-refractivity contribution in [2.75, 3.05) is 0 Å². The lowest BCUT2D eigenvalue weighted by atomic mass is 9.62. The van der Waals surface area contributed by atoms with Gasteiger partial charge in [0.2, 0.25) is 0 Å². The molecule has 3 aliphatic carbocycles. The van der Waals surface area contributed by atoms with E-state index in [9.17, 15) is 14.7 Å². The number of aromatic nitrogens is 3. The van der Waals surface area contributed by atoms with Gasteiger partial charge in [-0.3, -0.25) is 9.36 Å². The summed E-state index contributed by atoms with van der Waals surface area (Å²) in [7, 11) is 0. The van der Waals surface area contributed by atoms with Crippen molar-refractivity contribution in [2.24, 2.45) is 5.41 Å². The molecule has 182 valence electrons. The molecule has 1 atom stereocenters. The van der Waals surface area contributed by atoms with E-state index in [1.807, 2.05) is 59.2 Å². The molecule has 2 heterocycles. The normalized spacial score (nSPS) is 19.1. The third-order valence-corrected chi connectivity index (χ3v) is 8.27. The van der Waals surface area contributed by atoms with Crippen LogP contribution < -0.4 is 5.32 Å². The highest BCUT2D eigenvalue weighted by molar-refractivity contribution is 9.12. The van der Waals surface area contributed by atoms with Gasteiger partial charge in [-0.2, -0.15) is 0 Å². The summed E-state index contributed by atoms with van der Waals surface area (Å²) < 4.78 is 2.52. The molecule has 8 heteroatoms. The fourth-order valence-corrected chi connectivity index (χ4v) is 6.38. The molecule has 1 saturated carbocycles. The molecule has 1 spiro atoms. The lowest BCUT2D eigenvalue weighted by molar-refractivity contribution is -0.140. The van der Waals surface area contributed by atoms with Gasteiger partial charge < -0.3 is 10.4 Å². The Morgan fingerprint density at radius 3 is 2.58 bits per heavy atom. The predicted molar refractivity (Wildman–Crippen MR) is 141 cm³/mol. The maximum absolute atomic E-state index is 12.7. The highest BCUT2D eigenvalue weighted by Gasteiger charge is 2.53. The van der Waals surface area contributed by atoms with Gasteiger partial charge in [0.1, 0.15) is 17.4 Å². The van der Waals surface area contributed by atoms with Gasteiger partial charge in [0.05, 0.1) is 9.90 Å². The molecule has 0 unspecified atom stereocenters. The van der Waals surface area contributed by atoms with Gasteiger partial charge in [-0.1, -0.05) is 49.6 Å². The van der Waals surface area contributed by atoms with Gasteiger partial charge in [-0.05, 0) is 58.6 Å². The summed E-state index contributed by atoms with van der Waals surface area (Å²) in [5.74, 6) is -0.00665. The summed E-state index contributed by atoms with van der Waals surface area (Å²) in [4.78, 5) is 34.2. The number of nitrogens with one attached hydrogen (secondary N) is 1. The number of hydrogen-bond acceptors (Lipinski definition) is 5. The summed E-state index contributed by atoms with van der Waals surface area (Å²) in [6, 6.07) is 10.8. The summed E-state index contributed by atoms with van der Waals surface area (Å²) in [6.45, 7) is 0. The van der Waals surface area contributed by atoms with Crippen molar-refractivity contribution in [3.63, 3.8) is 0 Å². The number of aliphatic carboxylic acids is 1. The zero-order chi connectivity index (χ0) is 24.9. The first-order valence-electron chi connectivity index (χ1n) is 12.2. The number of hydrogen-bond donors (Lipinski definition) is 2. The SMILES string of the molecule is O=C(O)[C@H](Cc1ccc(-n2c(C3=CC=C3)nc3cccnc32)cc1)NC1=C(Br)C(=O)C12CCCCC2. The molecule has 6 rings (SSSR count). The van der Waals surface area contributed by atoms with E-state index in [1.165, 1.54) is 0 Å². The van der Waals surface area contributed by atoms with E-state index in [0.717, 1.165) is 71.6 Å². The van der Waals surface area contributed by atoms with Crippen LogP contribution in [-0.2, 0) is 16.0 Å². The molecule has 7 nitrogen and oxygen atoms in total. The Bertz CT molecular complexity index is 1480. The van der Waals surface area contributed by atoms with E-state index in [-0.39, 0.29) is 5.78 Å². The predicted octanol–water partition coefficient (Wildman–Crippen LogP) is 5.10. The Labute approximate surface area is 216 Å². The van der Waals surface area contributed by atoms with Crippen molar-refractivity contribution in [3.8, 4) is 5.69 Å².